The molecule has 6 nitrogen and oxygen atoms in total. The van der Waals surface area contributed by atoms with Crippen LogP contribution in [0.25, 0.3) is 0 Å². The summed E-state index contributed by atoms with van der Waals surface area (Å²) in [5.74, 6) is 0.544. The molecule has 1 saturated heterocycles. The average molecular weight is 325 g/mol. The van der Waals surface area contributed by atoms with E-state index in [0.717, 1.165) is 18.5 Å². The van der Waals surface area contributed by atoms with Crippen molar-refractivity contribution in [1.29, 1.82) is 0 Å². The Hall–Kier alpha value is -2.86. The summed E-state index contributed by atoms with van der Waals surface area (Å²) in [7, 11) is 0. The van der Waals surface area contributed by atoms with Gasteiger partial charge in [0.15, 0.2) is 0 Å². The number of amides is 2. The normalized spacial score (nSPS) is 16.5. The molecule has 2 aromatic carbocycles. The number of rotatable bonds is 5. The van der Waals surface area contributed by atoms with Gasteiger partial charge < -0.3 is 15.4 Å². The van der Waals surface area contributed by atoms with Crippen molar-refractivity contribution in [3.05, 3.63) is 60.2 Å². The molecule has 3 N–H and O–H groups in total. The largest absolute Gasteiger partial charge is 0.417 e. The summed E-state index contributed by atoms with van der Waals surface area (Å²) in [6.45, 7) is 1.33. The first-order valence-electron chi connectivity index (χ1n) is 7.84. The number of carbonyl (C=O) groups is 2. The summed E-state index contributed by atoms with van der Waals surface area (Å²) in [5.41, 5.74) is 1.69. The molecule has 0 radical (unpaired) electrons. The van der Waals surface area contributed by atoms with Crippen LogP contribution in [0, 0.1) is 0 Å². The number of hydrogen-bond donors (Lipinski definition) is 3. The Bertz CT molecular complexity index is 701. The zero-order valence-corrected chi connectivity index (χ0v) is 13.1. The van der Waals surface area contributed by atoms with Crippen LogP contribution in [-0.2, 0) is 11.3 Å². The highest BCUT2D eigenvalue weighted by Crippen LogP contribution is 2.13. The standard InChI is InChI=1S/C18H19N3O3/c22-17-16(10-11-19-17)20-12-13-6-8-14(9-7-13)21-18(23)24-15-4-2-1-3-5-15/h1-9,16,20H,10-12H2,(H,19,22)(H,21,23). The summed E-state index contributed by atoms with van der Waals surface area (Å²) in [5, 5.41) is 8.69. The molecule has 0 bridgehead atoms. The van der Waals surface area contributed by atoms with E-state index in [1.54, 1.807) is 36.4 Å². The van der Waals surface area contributed by atoms with Crippen molar-refractivity contribution in [3.8, 4) is 5.75 Å². The zero-order valence-electron chi connectivity index (χ0n) is 13.1. The molecule has 0 saturated carbocycles. The lowest BCUT2D eigenvalue weighted by molar-refractivity contribution is -0.120. The van der Waals surface area contributed by atoms with Crippen molar-refractivity contribution in [2.45, 2.75) is 19.0 Å². The molecule has 6 heteroatoms. The fraction of sp³-hybridized carbons (Fsp3) is 0.222. The molecule has 1 heterocycles. The highest BCUT2D eigenvalue weighted by molar-refractivity contribution is 5.86. The lowest BCUT2D eigenvalue weighted by atomic mass is 10.2. The summed E-state index contributed by atoms with van der Waals surface area (Å²) < 4.78 is 5.17. The number of carbonyl (C=O) groups excluding carboxylic acids is 2. The van der Waals surface area contributed by atoms with Crippen molar-refractivity contribution in [2.75, 3.05) is 11.9 Å². The Morgan fingerprint density at radius 1 is 1.12 bits per heavy atom. The molecular formula is C18H19N3O3. The lowest BCUT2D eigenvalue weighted by Gasteiger charge is -2.10. The van der Waals surface area contributed by atoms with E-state index in [2.05, 4.69) is 16.0 Å². The van der Waals surface area contributed by atoms with Crippen LogP contribution >= 0.6 is 0 Å². The first kappa shape index (κ1) is 16.0. The first-order valence-corrected chi connectivity index (χ1v) is 7.84. The Morgan fingerprint density at radius 2 is 1.88 bits per heavy atom. The molecule has 2 amide bonds. The monoisotopic (exact) mass is 325 g/mol. The van der Waals surface area contributed by atoms with E-state index < -0.39 is 6.09 Å². The van der Waals surface area contributed by atoms with E-state index in [9.17, 15) is 9.59 Å². The minimum absolute atomic E-state index is 0.0527. The summed E-state index contributed by atoms with van der Waals surface area (Å²) >= 11 is 0. The van der Waals surface area contributed by atoms with Gasteiger partial charge in [-0.05, 0) is 36.2 Å². The molecule has 1 fully saturated rings. The highest BCUT2D eigenvalue weighted by Gasteiger charge is 2.22. The topological polar surface area (TPSA) is 79.5 Å². The lowest BCUT2D eigenvalue weighted by Crippen LogP contribution is -2.35. The van der Waals surface area contributed by atoms with Gasteiger partial charge in [0.1, 0.15) is 5.75 Å². The van der Waals surface area contributed by atoms with Gasteiger partial charge in [0.05, 0.1) is 6.04 Å². The van der Waals surface area contributed by atoms with E-state index >= 15 is 0 Å². The highest BCUT2D eigenvalue weighted by atomic mass is 16.6. The van der Waals surface area contributed by atoms with Crippen molar-refractivity contribution >= 4 is 17.7 Å². The molecule has 124 valence electrons. The summed E-state index contributed by atoms with van der Waals surface area (Å²) in [4.78, 5) is 23.3. The van der Waals surface area contributed by atoms with Crippen LogP contribution in [0.5, 0.6) is 5.75 Å². The molecule has 0 spiro atoms. The Morgan fingerprint density at radius 3 is 2.54 bits per heavy atom. The number of para-hydroxylation sites is 1. The van der Waals surface area contributed by atoms with Crippen LogP contribution < -0.4 is 20.7 Å². The van der Waals surface area contributed by atoms with E-state index in [4.69, 9.17) is 4.74 Å². The SMILES string of the molecule is O=C(Nc1ccc(CNC2CCNC2=O)cc1)Oc1ccccc1. The molecule has 3 rings (SSSR count). The summed E-state index contributed by atoms with van der Waals surface area (Å²) in [6.07, 6.45) is 0.277. The van der Waals surface area contributed by atoms with Crippen molar-refractivity contribution in [1.82, 2.24) is 10.6 Å². The van der Waals surface area contributed by atoms with Crippen LogP contribution in [0.4, 0.5) is 10.5 Å². The second kappa shape index (κ2) is 7.61. The minimum atomic E-state index is -0.533. The second-order valence-corrected chi connectivity index (χ2v) is 5.54. The molecule has 0 aromatic heterocycles. The zero-order chi connectivity index (χ0) is 16.8. The fourth-order valence-electron chi connectivity index (χ4n) is 2.47. The smallest absolute Gasteiger partial charge is 0.410 e. The third-order valence-electron chi connectivity index (χ3n) is 3.76. The third kappa shape index (κ3) is 4.33. The van der Waals surface area contributed by atoms with Crippen LogP contribution in [0.2, 0.25) is 0 Å². The predicted octanol–water partition coefficient (Wildman–Crippen LogP) is 2.28. The molecule has 2 aromatic rings. The molecular weight excluding hydrogens is 306 g/mol. The maximum absolute atomic E-state index is 11.8. The number of nitrogens with one attached hydrogen (secondary N) is 3. The predicted molar refractivity (Wildman–Crippen MR) is 90.8 cm³/mol. The Balaban J connectivity index is 1.49. The fourth-order valence-corrected chi connectivity index (χ4v) is 2.47. The van der Waals surface area contributed by atoms with Crippen LogP contribution in [0.15, 0.2) is 54.6 Å². The molecule has 0 aliphatic carbocycles. The van der Waals surface area contributed by atoms with E-state index in [1.165, 1.54) is 0 Å². The third-order valence-corrected chi connectivity index (χ3v) is 3.76. The van der Waals surface area contributed by atoms with E-state index in [1.807, 2.05) is 18.2 Å². The number of hydrogen-bond acceptors (Lipinski definition) is 4. The Labute approximate surface area is 140 Å². The van der Waals surface area contributed by atoms with Gasteiger partial charge in [-0.3, -0.25) is 10.1 Å². The molecule has 24 heavy (non-hydrogen) atoms. The van der Waals surface area contributed by atoms with Gasteiger partial charge in [0.25, 0.3) is 0 Å². The molecule has 1 atom stereocenters. The molecule has 1 unspecified atom stereocenters. The van der Waals surface area contributed by atoms with Gasteiger partial charge in [0.2, 0.25) is 5.91 Å². The number of benzene rings is 2. The quantitative estimate of drug-likeness (QED) is 0.788. The van der Waals surface area contributed by atoms with Crippen LogP contribution in [-0.4, -0.2) is 24.6 Å². The minimum Gasteiger partial charge on any atom is -0.410 e. The van der Waals surface area contributed by atoms with Crippen molar-refractivity contribution in [2.24, 2.45) is 0 Å². The second-order valence-electron chi connectivity index (χ2n) is 5.54. The Kier molecular flexibility index (Phi) is 5.08. The van der Waals surface area contributed by atoms with Gasteiger partial charge in [-0.25, -0.2) is 4.79 Å². The average Bonchev–Trinajstić information content (AvgIpc) is 3.00. The van der Waals surface area contributed by atoms with Gasteiger partial charge in [-0.15, -0.1) is 0 Å². The van der Waals surface area contributed by atoms with Gasteiger partial charge >= 0.3 is 6.09 Å². The maximum Gasteiger partial charge on any atom is 0.417 e. The van der Waals surface area contributed by atoms with Gasteiger partial charge in [0, 0.05) is 18.8 Å². The van der Waals surface area contributed by atoms with Crippen LogP contribution in [0.1, 0.15) is 12.0 Å². The van der Waals surface area contributed by atoms with Crippen molar-refractivity contribution in [3.63, 3.8) is 0 Å². The molecule has 1 aliphatic rings. The number of ether oxygens (including phenoxy) is 1. The molecule has 1 aliphatic heterocycles. The maximum atomic E-state index is 11.8. The number of anilines is 1. The van der Waals surface area contributed by atoms with Gasteiger partial charge in [-0.1, -0.05) is 30.3 Å². The van der Waals surface area contributed by atoms with Crippen LogP contribution in [0.3, 0.4) is 0 Å². The first-order chi connectivity index (χ1) is 11.7. The van der Waals surface area contributed by atoms with E-state index in [0.29, 0.717) is 18.0 Å². The van der Waals surface area contributed by atoms with Gasteiger partial charge in [-0.2, -0.15) is 0 Å². The van der Waals surface area contributed by atoms with Crippen molar-refractivity contribution < 1.29 is 14.3 Å². The summed E-state index contributed by atoms with van der Waals surface area (Å²) in [6, 6.07) is 16.2. The van der Waals surface area contributed by atoms with E-state index in [-0.39, 0.29) is 11.9 Å².